The van der Waals surface area contributed by atoms with Crippen molar-refractivity contribution in [3.05, 3.63) is 17.5 Å². The quantitative estimate of drug-likeness (QED) is 0.805. The minimum atomic E-state index is -0.818. The van der Waals surface area contributed by atoms with Crippen LogP contribution in [0, 0.1) is 19.8 Å². The molecule has 2 heterocycles. The molecule has 1 atom stereocenters. The molecule has 2 N–H and O–H groups in total. The van der Waals surface area contributed by atoms with Gasteiger partial charge in [-0.1, -0.05) is 0 Å². The number of rotatable bonds is 5. The molecule has 1 unspecified atom stereocenters. The van der Waals surface area contributed by atoms with E-state index in [2.05, 4.69) is 10.4 Å². The zero-order chi connectivity index (χ0) is 16.1. The number of hydrogen-bond acceptors (Lipinski definition) is 3. The molecule has 1 aromatic rings. The maximum Gasteiger partial charge on any atom is 0.317 e. The molecule has 0 radical (unpaired) electrons. The maximum atomic E-state index is 12.0. The lowest BCUT2D eigenvalue weighted by atomic mass is 9.99. The van der Waals surface area contributed by atoms with E-state index in [1.807, 2.05) is 24.6 Å². The highest BCUT2D eigenvalue weighted by atomic mass is 16.4. The van der Waals surface area contributed by atoms with Crippen molar-refractivity contribution in [1.29, 1.82) is 0 Å². The first-order chi connectivity index (χ1) is 10.5. The number of aryl methyl sites for hydroxylation is 3. The van der Waals surface area contributed by atoms with Crippen LogP contribution in [0.1, 0.15) is 30.7 Å². The number of aliphatic carboxylic acids is 1. The molecule has 1 aromatic heterocycles. The van der Waals surface area contributed by atoms with E-state index in [1.54, 1.807) is 4.90 Å². The molecule has 0 aliphatic carbocycles. The highest BCUT2D eigenvalue weighted by Gasteiger charge is 2.27. The Bertz CT molecular complexity index is 541. The molecule has 122 valence electrons. The number of carbonyl (C=O) groups is 2. The topological polar surface area (TPSA) is 87.5 Å². The van der Waals surface area contributed by atoms with E-state index in [9.17, 15) is 9.59 Å². The van der Waals surface area contributed by atoms with Crippen molar-refractivity contribution in [1.82, 2.24) is 20.0 Å². The monoisotopic (exact) mass is 308 g/mol. The molecule has 2 rings (SSSR count). The van der Waals surface area contributed by atoms with Crippen LogP contribution in [-0.4, -0.2) is 51.4 Å². The normalized spacial score (nSPS) is 18.3. The molecule has 1 aliphatic rings. The van der Waals surface area contributed by atoms with Gasteiger partial charge in [-0.05, 0) is 39.2 Å². The summed E-state index contributed by atoms with van der Waals surface area (Å²) in [5, 5.41) is 16.3. The van der Waals surface area contributed by atoms with Crippen LogP contribution in [0.4, 0.5) is 4.79 Å². The van der Waals surface area contributed by atoms with Crippen LogP contribution >= 0.6 is 0 Å². The summed E-state index contributed by atoms with van der Waals surface area (Å²) in [6.07, 6.45) is 2.19. The number of aromatic nitrogens is 2. The summed E-state index contributed by atoms with van der Waals surface area (Å²) in [4.78, 5) is 24.7. The fraction of sp³-hybridized carbons (Fsp3) is 0.667. The van der Waals surface area contributed by atoms with Gasteiger partial charge in [-0.15, -0.1) is 0 Å². The molecule has 0 spiro atoms. The fourth-order valence-electron chi connectivity index (χ4n) is 2.80. The van der Waals surface area contributed by atoms with Crippen LogP contribution in [0.15, 0.2) is 6.07 Å². The Balaban J connectivity index is 1.71. The van der Waals surface area contributed by atoms with Crippen LogP contribution < -0.4 is 5.32 Å². The first-order valence-electron chi connectivity index (χ1n) is 7.74. The molecule has 0 aromatic carbocycles. The number of amides is 2. The van der Waals surface area contributed by atoms with Gasteiger partial charge in [0.25, 0.3) is 0 Å². The fourth-order valence-corrected chi connectivity index (χ4v) is 2.80. The Hall–Kier alpha value is -2.05. The van der Waals surface area contributed by atoms with Gasteiger partial charge in [0.15, 0.2) is 0 Å². The summed E-state index contributed by atoms with van der Waals surface area (Å²) in [6.45, 7) is 6.23. The molecule has 0 saturated carbocycles. The summed E-state index contributed by atoms with van der Waals surface area (Å²) in [5.74, 6) is -1.25. The van der Waals surface area contributed by atoms with Crippen molar-refractivity contribution in [2.24, 2.45) is 5.92 Å². The zero-order valence-electron chi connectivity index (χ0n) is 13.2. The van der Waals surface area contributed by atoms with Crippen molar-refractivity contribution >= 4 is 12.0 Å². The van der Waals surface area contributed by atoms with E-state index in [4.69, 9.17) is 5.11 Å². The minimum absolute atomic E-state index is 0.167. The number of nitrogens with one attached hydrogen (secondary N) is 1. The van der Waals surface area contributed by atoms with Gasteiger partial charge in [-0.25, -0.2) is 4.79 Å². The van der Waals surface area contributed by atoms with E-state index in [0.717, 1.165) is 30.8 Å². The third-order valence-corrected chi connectivity index (χ3v) is 3.98. The van der Waals surface area contributed by atoms with Gasteiger partial charge >= 0.3 is 12.0 Å². The second kappa shape index (κ2) is 7.29. The predicted molar refractivity (Wildman–Crippen MR) is 81.6 cm³/mol. The van der Waals surface area contributed by atoms with Gasteiger partial charge in [-0.2, -0.15) is 5.10 Å². The summed E-state index contributed by atoms with van der Waals surface area (Å²) < 4.78 is 1.93. The van der Waals surface area contributed by atoms with Crippen molar-refractivity contribution in [3.63, 3.8) is 0 Å². The number of carboxylic acids is 1. The number of nitrogens with zero attached hydrogens (tertiary/aromatic N) is 3. The maximum absolute atomic E-state index is 12.0. The highest BCUT2D eigenvalue weighted by molar-refractivity contribution is 5.76. The van der Waals surface area contributed by atoms with E-state index >= 15 is 0 Å². The van der Waals surface area contributed by atoms with Crippen molar-refractivity contribution in [2.45, 2.75) is 39.7 Å². The Morgan fingerprint density at radius 3 is 2.86 bits per heavy atom. The molecular formula is C15H24N4O3. The molecule has 22 heavy (non-hydrogen) atoms. The summed E-state index contributed by atoms with van der Waals surface area (Å²) in [5.41, 5.74) is 2.11. The molecule has 2 amide bonds. The molecule has 7 heteroatoms. The van der Waals surface area contributed by atoms with Crippen molar-refractivity contribution in [2.75, 3.05) is 19.6 Å². The largest absolute Gasteiger partial charge is 0.481 e. The minimum Gasteiger partial charge on any atom is -0.481 e. The number of carbonyl (C=O) groups excluding carboxylic acids is 1. The van der Waals surface area contributed by atoms with Gasteiger partial charge in [-0.3, -0.25) is 9.48 Å². The molecular weight excluding hydrogens is 284 g/mol. The Morgan fingerprint density at radius 2 is 2.23 bits per heavy atom. The molecule has 0 bridgehead atoms. The average Bonchev–Trinajstić information content (AvgIpc) is 2.81. The van der Waals surface area contributed by atoms with E-state index in [-0.39, 0.29) is 6.03 Å². The predicted octanol–water partition coefficient (Wildman–Crippen LogP) is 1.40. The van der Waals surface area contributed by atoms with Crippen molar-refractivity contribution in [3.8, 4) is 0 Å². The molecule has 1 fully saturated rings. The Kier molecular flexibility index (Phi) is 5.41. The van der Waals surface area contributed by atoms with E-state index in [1.165, 1.54) is 0 Å². The number of likely N-dealkylation sites (tertiary alicyclic amines) is 1. The lowest BCUT2D eigenvalue weighted by molar-refractivity contribution is -0.143. The van der Waals surface area contributed by atoms with Gasteiger partial charge in [0.2, 0.25) is 0 Å². The molecule has 1 aliphatic heterocycles. The molecule has 7 nitrogen and oxygen atoms in total. The third kappa shape index (κ3) is 4.22. The average molecular weight is 308 g/mol. The first-order valence-corrected chi connectivity index (χ1v) is 7.74. The first kappa shape index (κ1) is 16.3. The van der Waals surface area contributed by atoms with Crippen LogP contribution in [0.3, 0.4) is 0 Å². The second-order valence-corrected chi connectivity index (χ2v) is 5.86. The van der Waals surface area contributed by atoms with Gasteiger partial charge in [0.05, 0.1) is 11.6 Å². The Labute approximate surface area is 130 Å². The Morgan fingerprint density at radius 1 is 1.45 bits per heavy atom. The SMILES string of the molecule is Cc1cc(C)n(CCCNC(=O)N2CCCC(C(=O)O)C2)n1. The standard InChI is InChI=1S/C15H24N4O3/c1-11-9-12(2)19(17-11)8-4-6-16-15(22)18-7-3-5-13(10-18)14(20)21/h9,13H,3-8,10H2,1-2H3,(H,16,22)(H,20,21). The molecule has 1 saturated heterocycles. The van der Waals surface area contributed by atoms with Crippen LogP contribution in [-0.2, 0) is 11.3 Å². The number of urea groups is 1. The van der Waals surface area contributed by atoms with Gasteiger partial charge in [0, 0.05) is 31.9 Å². The third-order valence-electron chi connectivity index (χ3n) is 3.98. The number of hydrogen-bond donors (Lipinski definition) is 2. The lowest BCUT2D eigenvalue weighted by Crippen LogP contribution is -2.47. The lowest BCUT2D eigenvalue weighted by Gasteiger charge is -2.30. The van der Waals surface area contributed by atoms with Gasteiger partial charge < -0.3 is 15.3 Å². The number of piperidine rings is 1. The van der Waals surface area contributed by atoms with Crippen molar-refractivity contribution < 1.29 is 14.7 Å². The summed E-state index contributed by atoms with van der Waals surface area (Å²) in [7, 11) is 0. The number of carboxylic acid groups (broad SMARTS) is 1. The van der Waals surface area contributed by atoms with E-state index in [0.29, 0.717) is 26.1 Å². The second-order valence-electron chi connectivity index (χ2n) is 5.86. The van der Waals surface area contributed by atoms with Gasteiger partial charge in [0.1, 0.15) is 0 Å². The highest BCUT2D eigenvalue weighted by Crippen LogP contribution is 2.16. The zero-order valence-corrected chi connectivity index (χ0v) is 13.2. The summed E-state index contributed by atoms with van der Waals surface area (Å²) in [6, 6.07) is 1.86. The summed E-state index contributed by atoms with van der Waals surface area (Å²) >= 11 is 0. The smallest absolute Gasteiger partial charge is 0.317 e. The van der Waals surface area contributed by atoms with Crippen LogP contribution in [0.5, 0.6) is 0 Å². The van der Waals surface area contributed by atoms with Crippen LogP contribution in [0.25, 0.3) is 0 Å². The van der Waals surface area contributed by atoms with E-state index < -0.39 is 11.9 Å². The van der Waals surface area contributed by atoms with Crippen LogP contribution in [0.2, 0.25) is 0 Å².